The van der Waals surface area contributed by atoms with Gasteiger partial charge in [-0.25, -0.2) is 0 Å². The van der Waals surface area contributed by atoms with Crippen molar-refractivity contribution in [1.29, 1.82) is 0 Å². The molecule has 0 N–H and O–H groups in total. The third kappa shape index (κ3) is 4.68. The van der Waals surface area contributed by atoms with Crippen LogP contribution < -0.4 is 5.01 Å². The zero-order valence-electron chi connectivity index (χ0n) is 18.2. The number of hydrogen-bond acceptors (Lipinski definition) is 3. The zero-order valence-corrected chi connectivity index (χ0v) is 18.2. The molecule has 0 saturated carbocycles. The van der Waals surface area contributed by atoms with Gasteiger partial charge in [0.2, 0.25) is 0 Å². The summed E-state index contributed by atoms with van der Waals surface area (Å²) in [5.74, 6) is -0.0215. The predicted molar refractivity (Wildman–Crippen MR) is 136 cm³/mol. The van der Waals surface area contributed by atoms with Crippen LogP contribution >= 0.6 is 0 Å². The topological polar surface area (TPSA) is 32.7 Å². The third-order valence-corrected chi connectivity index (χ3v) is 5.84. The second kappa shape index (κ2) is 9.49. The lowest BCUT2D eigenvalue weighted by molar-refractivity contribution is 0.104. The highest BCUT2D eigenvalue weighted by Crippen LogP contribution is 2.35. The van der Waals surface area contributed by atoms with Gasteiger partial charge in [-0.15, -0.1) is 0 Å². The number of rotatable bonds is 6. The number of anilines is 1. The van der Waals surface area contributed by atoms with E-state index in [2.05, 4.69) is 48.5 Å². The molecule has 1 aliphatic rings. The summed E-state index contributed by atoms with van der Waals surface area (Å²) in [5, 5.41) is 6.90. The van der Waals surface area contributed by atoms with Crippen LogP contribution in [0.5, 0.6) is 0 Å². The van der Waals surface area contributed by atoms with E-state index in [1.165, 1.54) is 5.56 Å². The fraction of sp³-hybridized carbons (Fsp3) is 0.0667. The third-order valence-electron chi connectivity index (χ3n) is 5.84. The molecule has 3 nitrogen and oxygen atoms in total. The molecule has 0 saturated heterocycles. The first kappa shape index (κ1) is 20.7. The lowest BCUT2D eigenvalue weighted by Crippen LogP contribution is -2.18. The summed E-state index contributed by atoms with van der Waals surface area (Å²) < 4.78 is 0. The summed E-state index contributed by atoms with van der Waals surface area (Å²) in [7, 11) is 0. The molecular formula is C30H24N2O. The Morgan fingerprint density at radius 1 is 0.727 bits per heavy atom. The number of hydrazone groups is 1. The summed E-state index contributed by atoms with van der Waals surface area (Å²) >= 11 is 0. The molecule has 0 radical (unpaired) electrons. The fourth-order valence-electron chi connectivity index (χ4n) is 4.11. The Kier molecular flexibility index (Phi) is 5.94. The van der Waals surface area contributed by atoms with Crippen molar-refractivity contribution < 1.29 is 4.79 Å². The zero-order chi connectivity index (χ0) is 22.5. The summed E-state index contributed by atoms with van der Waals surface area (Å²) in [5.41, 5.74) is 6.04. The minimum atomic E-state index is -0.0215. The van der Waals surface area contributed by atoms with E-state index in [1.54, 1.807) is 6.08 Å². The van der Waals surface area contributed by atoms with Gasteiger partial charge in [-0.1, -0.05) is 103 Å². The summed E-state index contributed by atoms with van der Waals surface area (Å²) in [6.07, 6.45) is 4.23. The maximum Gasteiger partial charge on any atom is 0.185 e. The van der Waals surface area contributed by atoms with Gasteiger partial charge in [0.1, 0.15) is 0 Å². The Morgan fingerprint density at radius 3 is 1.97 bits per heavy atom. The van der Waals surface area contributed by atoms with Crippen LogP contribution in [0.4, 0.5) is 5.69 Å². The van der Waals surface area contributed by atoms with Gasteiger partial charge in [-0.3, -0.25) is 9.80 Å². The van der Waals surface area contributed by atoms with Crippen molar-refractivity contribution in [3.8, 4) is 11.1 Å². The molecule has 160 valence electrons. The average molecular weight is 429 g/mol. The highest BCUT2D eigenvalue weighted by molar-refractivity contribution is 6.09. The molecule has 0 amide bonds. The maximum atomic E-state index is 12.8. The van der Waals surface area contributed by atoms with Crippen molar-refractivity contribution in [1.82, 2.24) is 0 Å². The smallest absolute Gasteiger partial charge is 0.185 e. The van der Waals surface area contributed by atoms with E-state index >= 15 is 0 Å². The summed E-state index contributed by atoms with van der Waals surface area (Å²) in [4.78, 5) is 12.8. The first-order chi connectivity index (χ1) is 16.3. The fourth-order valence-corrected chi connectivity index (χ4v) is 4.11. The van der Waals surface area contributed by atoms with E-state index in [0.29, 0.717) is 5.56 Å². The van der Waals surface area contributed by atoms with Crippen molar-refractivity contribution >= 4 is 17.2 Å². The maximum absolute atomic E-state index is 12.8. The highest BCUT2D eigenvalue weighted by atomic mass is 16.1. The molecule has 0 aromatic heterocycles. The van der Waals surface area contributed by atoms with Gasteiger partial charge in [0.05, 0.1) is 17.4 Å². The Morgan fingerprint density at radius 2 is 1.30 bits per heavy atom. The van der Waals surface area contributed by atoms with E-state index in [0.717, 1.165) is 28.9 Å². The summed E-state index contributed by atoms with van der Waals surface area (Å²) in [6.45, 7) is 0. The monoisotopic (exact) mass is 428 g/mol. The standard InChI is InChI=1S/C30H24N2O/c33-30(26-18-16-24(17-19-26)23-10-4-1-5-11-23)21-20-27-22-29(25-12-6-2-7-13-25)32(31-27)28-14-8-3-9-15-28/h1-21,29H,22H2/b21-20+/t29-/m0/s1. The molecular weight excluding hydrogens is 404 g/mol. The van der Waals surface area contributed by atoms with Crippen LogP contribution in [0.1, 0.15) is 28.4 Å². The van der Waals surface area contributed by atoms with Gasteiger partial charge >= 0.3 is 0 Å². The molecule has 0 unspecified atom stereocenters. The van der Waals surface area contributed by atoms with Gasteiger partial charge in [-0.05, 0) is 41.0 Å². The molecule has 0 aliphatic carbocycles. The van der Waals surface area contributed by atoms with Crippen LogP contribution in [0.25, 0.3) is 11.1 Å². The molecule has 1 aliphatic heterocycles. The van der Waals surface area contributed by atoms with Gasteiger partial charge in [0.15, 0.2) is 5.78 Å². The van der Waals surface area contributed by atoms with Gasteiger partial charge in [0, 0.05) is 12.0 Å². The second-order valence-corrected chi connectivity index (χ2v) is 8.04. The largest absolute Gasteiger partial charge is 0.289 e. The van der Waals surface area contributed by atoms with Crippen LogP contribution in [-0.4, -0.2) is 11.5 Å². The number of carbonyl (C=O) groups is 1. The lowest BCUT2D eigenvalue weighted by atomic mass is 10.00. The molecule has 0 spiro atoms. The molecule has 1 heterocycles. The molecule has 0 bridgehead atoms. The van der Waals surface area contributed by atoms with Crippen LogP contribution in [0.3, 0.4) is 0 Å². The SMILES string of the molecule is O=C(/C=C/C1=NN(c2ccccc2)[C@H](c2ccccc2)C1)c1ccc(-c2ccccc2)cc1. The van der Waals surface area contributed by atoms with Crippen LogP contribution in [0.2, 0.25) is 0 Å². The van der Waals surface area contributed by atoms with E-state index in [4.69, 9.17) is 5.10 Å². The van der Waals surface area contributed by atoms with Crippen molar-refractivity contribution in [2.24, 2.45) is 5.10 Å². The van der Waals surface area contributed by atoms with E-state index in [9.17, 15) is 4.79 Å². The van der Waals surface area contributed by atoms with Gasteiger partial charge < -0.3 is 0 Å². The average Bonchev–Trinajstić information content (AvgIpc) is 3.33. The molecule has 4 aromatic rings. The van der Waals surface area contributed by atoms with Crippen molar-refractivity contribution in [2.75, 3.05) is 5.01 Å². The second-order valence-electron chi connectivity index (χ2n) is 8.04. The Hall–Kier alpha value is -4.24. The Balaban J connectivity index is 1.35. The number of para-hydroxylation sites is 1. The first-order valence-electron chi connectivity index (χ1n) is 11.1. The quantitative estimate of drug-likeness (QED) is 0.242. The molecule has 33 heavy (non-hydrogen) atoms. The number of allylic oxidation sites excluding steroid dienone is 2. The number of benzene rings is 4. The number of ketones is 1. The number of hydrogen-bond donors (Lipinski definition) is 0. The molecule has 0 fully saturated rings. The van der Waals surface area contributed by atoms with E-state index in [-0.39, 0.29) is 11.8 Å². The van der Waals surface area contributed by atoms with Crippen LogP contribution in [0, 0.1) is 0 Å². The predicted octanol–water partition coefficient (Wildman–Crippen LogP) is 7.10. The van der Waals surface area contributed by atoms with Crippen molar-refractivity contribution in [3.05, 3.63) is 139 Å². The summed E-state index contributed by atoms with van der Waals surface area (Å²) in [6, 6.07) is 38.6. The lowest BCUT2D eigenvalue weighted by Gasteiger charge is -2.23. The Labute approximate surface area is 194 Å². The van der Waals surface area contributed by atoms with E-state index in [1.807, 2.05) is 77.8 Å². The van der Waals surface area contributed by atoms with Crippen LogP contribution in [-0.2, 0) is 0 Å². The van der Waals surface area contributed by atoms with Gasteiger partial charge in [-0.2, -0.15) is 5.10 Å². The molecule has 4 aromatic carbocycles. The minimum absolute atomic E-state index is 0.0215. The Bertz CT molecular complexity index is 1280. The molecule has 3 heteroatoms. The first-order valence-corrected chi connectivity index (χ1v) is 11.1. The van der Waals surface area contributed by atoms with E-state index < -0.39 is 0 Å². The number of nitrogens with zero attached hydrogens (tertiary/aromatic N) is 2. The number of carbonyl (C=O) groups excluding carboxylic acids is 1. The molecule has 1 atom stereocenters. The van der Waals surface area contributed by atoms with Crippen molar-refractivity contribution in [3.63, 3.8) is 0 Å². The normalized spacial score (nSPS) is 15.6. The van der Waals surface area contributed by atoms with Crippen LogP contribution in [0.15, 0.2) is 133 Å². The van der Waals surface area contributed by atoms with Gasteiger partial charge in [0.25, 0.3) is 0 Å². The minimum Gasteiger partial charge on any atom is -0.289 e. The highest BCUT2D eigenvalue weighted by Gasteiger charge is 2.28. The van der Waals surface area contributed by atoms with Crippen molar-refractivity contribution in [2.45, 2.75) is 12.5 Å². The molecule has 5 rings (SSSR count).